The van der Waals surface area contributed by atoms with Gasteiger partial charge in [-0.1, -0.05) is 29.5 Å². The van der Waals surface area contributed by atoms with Crippen LogP contribution in [-0.2, 0) is 17.6 Å². The van der Waals surface area contributed by atoms with Gasteiger partial charge in [0.15, 0.2) is 5.13 Å². The first-order chi connectivity index (χ1) is 14.8. The Kier molecular flexibility index (Phi) is 5.79. The van der Waals surface area contributed by atoms with Crippen LogP contribution in [-0.4, -0.2) is 50.3 Å². The van der Waals surface area contributed by atoms with Crippen LogP contribution in [0, 0.1) is 0 Å². The Morgan fingerprint density at radius 2 is 1.87 bits per heavy atom. The number of hydrogen-bond donors (Lipinski definition) is 1. The lowest BCUT2D eigenvalue weighted by atomic mass is 9.90. The fourth-order valence-electron chi connectivity index (χ4n) is 4.46. The van der Waals surface area contributed by atoms with Gasteiger partial charge in [0.1, 0.15) is 13.1 Å². The van der Waals surface area contributed by atoms with Crippen molar-refractivity contribution in [3.05, 3.63) is 59.2 Å². The highest BCUT2D eigenvalue weighted by atomic mass is 32.1. The van der Waals surface area contributed by atoms with Crippen LogP contribution in [0.1, 0.15) is 34.3 Å². The summed E-state index contributed by atoms with van der Waals surface area (Å²) in [6, 6.07) is 14.4. The SMILES string of the molecule is O=C(c1ccc2c(c1)CCCC2)N(CC[NH+]1CCOCC1)c1nc2ccccc2s1. The number of aromatic nitrogens is 1. The predicted octanol–water partition coefficient (Wildman–Crippen LogP) is 2.74. The van der Waals surface area contributed by atoms with Crippen molar-refractivity contribution in [2.45, 2.75) is 25.7 Å². The topological polar surface area (TPSA) is 46.9 Å². The van der Waals surface area contributed by atoms with Crippen LogP contribution < -0.4 is 9.80 Å². The normalized spacial score (nSPS) is 17.1. The van der Waals surface area contributed by atoms with Crippen LogP contribution in [0.25, 0.3) is 10.2 Å². The van der Waals surface area contributed by atoms with Gasteiger partial charge in [0.2, 0.25) is 0 Å². The molecule has 1 N–H and O–H groups in total. The van der Waals surface area contributed by atoms with Gasteiger partial charge in [-0.15, -0.1) is 0 Å². The van der Waals surface area contributed by atoms with Crippen molar-refractivity contribution in [3.8, 4) is 0 Å². The summed E-state index contributed by atoms with van der Waals surface area (Å²) in [6.07, 6.45) is 4.67. The number of nitrogens with one attached hydrogen (secondary N) is 1. The summed E-state index contributed by atoms with van der Waals surface area (Å²) in [4.78, 5) is 21.8. The Balaban J connectivity index is 1.44. The van der Waals surface area contributed by atoms with Gasteiger partial charge in [-0.05, 0) is 61.1 Å². The Bertz CT molecular complexity index is 1010. The average molecular weight is 423 g/mol. The maximum Gasteiger partial charge on any atom is 0.260 e. The standard InChI is InChI=1S/C24H27N3O2S/c28-23(20-10-9-18-5-1-2-6-19(18)17-20)27(12-11-26-13-15-29-16-14-26)24-25-21-7-3-4-8-22(21)30-24/h3-4,7-10,17H,1-2,5-6,11-16H2/p+1. The number of amides is 1. The number of carbonyl (C=O) groups excluding carboxylic acids is 1. The number of rotatable bonds is 5. The molecule has 1 aromatic heterocycles. The van der Waals surface area contributed by atoms with Crippen molar-refractivity contribution in [3.63, 3.8) is 0 Å². The van der Waals surface area contributed by atoms with E-state index in [-0.39, 0.29) is 5.91 Å². The molecule has 6 heteroatoms. The number of morpholine rings is 1. The molecule has 1 fully saturated rings. The minimum absolute atomic E-state index is 0.0649. The highest BCUT2D eigenvalue weighted by Crippen LogP contribution is 2.30. The first-order valence-corrected chi connectivity index (χ1v) is 11.8. The van der Waals surface area contributed by atoms with Crippen molar-refractivity contribution in [2.75, 3.05) is 44.3 Å². The number of quaternary nitrogens is 1. The monoisotopic (exact) mass is 422 g/mol. The number of ether oxygens (including phenoxy) is 1. The summed E-state index contributed by atoms with van der Waals surface area (Å²) in [6.45, 7) is 5.19. The second-order valence-corrected chi connectivity index (χ2v) is 9.23. The number of benzene rings is 2. The number of nitrogens with zero attached hydrogens (tertiary/aromatic N) is 2. The quantitative estimate of drug-likeness (QED) is 0.688. The molecule has 2 aromatic carbocycles. The highest BCUT2D eigenvalue weighted by molar-refractivity contribution is 7.22. The number of hydrogen-bond acceptors (Lipinski definition) is 4. The lowest BCUT2D eigenvalue weighted by Crippen LogP contribution is -3.14. The molecule has 1 amide bonds. The van der Waals surface area contributed by atoms with Gasteiger partial charge >= 0.3 is 0 Å². The van der Waals surface area contributed by atoms with Gasteiger partial charge in [-0.2, -0.15) is 0 Å². The first-order valence-electron chi connectivity index (χ1n) is 11.0. The van der Waals surface area contributed by atoms with Gasteiger partial charge in [0, 0.05) is 5.56 Å². The van der Waals surface area contributed by atoms with Crippen LogP contribution in [0.5, 0.6) is 0 Å². The summed E-state index contributed by atoms with van der Waals surface area (Å²) in [5, 5.41) is 0.798. The lowest BCUT2D eigenvalue weighted by Gasteiger charge is -2.27. The van der Waals surface area contributed by atoms with E-state index in [0.717, 1.165) is 66.6 Å². The summed E-state index contributed by atoms with van der Waals surface area (Å²) in [5.74, 6) is 0.0649. The fraction of sp³-hybridized carbons (Fsp3) is 0.417. The molecule has 0 saturated carbocycles. The lowest BCUT2D eigenvalue weighted by molar-refractivity contribution is -0.906. The number of aryl methyl sites for hydroxylation is 2. The van der Waals surface area contributed by atoms with Gasteiger partial charge in [0.05, 0.1) is 36.5 Å². The number of fused-ring (bicyclic) bond motifs is 2. The summed E-state index contributed by atoms with van der Waals surface area (Å²) in [7, 11) is 0. The van der Waals surface area contributed by atoms with Crippen LogP contribution in [0.15, 0.2) is 42.5 Å². The summed E-state index contributed by atoms with van der Waals surface area (Å²) < 4.78 is 6.61. The van der Waals surface area contributed by atoms with Crippen molar-refractivity contribution in [2.24, 2.45) is 0 Å². The Morgan fingerprint density at radius 1 is 1.07 bits per heavy atom. The molecule has 156 valence electrons. The van der Waals surface area contributed by atoms with E-state index in [1.807, 2.05) is 29.2 Å². The maximum atomic E-state index is 13.6. The van der Waals surface area contributed by atoms with Crippen LogP contribution in [0.3, 0.4) is 0 Å². The zero-order valence-corrected chi connectivity index (χ0v) is 18.0. The maximum absolute atomic E-state index is 13.6. The van der Waals surface area contributed by atoms with Crippen LogP contribution in [0.2, 0.25) is 0 Å². The smallest absolute Gasteiger partial charge is 0.260 e. The van der Waals surface area contributed by atoms with E-state index in [1.54, 1.807) is 11.3 Å². The minimum Gasteiger partial charge on any atom is -0.370 e. The fourth-order valence-corrected chi connectivity index (χ4v) is 5.45. The molecule has 1 aliphatic heterocycles. The molecule has 0 spiro atoms. The predicted molar refractivity (Wildman–Crippen MR) is 121 cm³/mol. The zero-order chi connectivity index (χ0) is 20.3. The average Bonchev–Trinajstić information content (AvgIpc) is 3.23. The third-order valence-corrected chi connectivity index (χ3v) is 7.30. The molecule has 0 unspecified atom stereocenters. The molecular formula is C24H28N3O2S+. The summed E-state index contributed by atoms with van der Waals surface area (Å²) >= 11 is 1.60. The molecule has 2 aliphatic rings. The number of para-hydroxylation sites is 1. The molecular weight excluding hydrogens is 394 g/mol. The second-order valence-electron chi connectivity index (χ2n) is 8.22. The molecule has 0 radical (unpaired) electrons. The number of carbonyl (C=O) groups is 1. The van der Waals surface area contributed by atoms with Crippen LogP contribution >= 0.6 is 11.3 Å². The molecule has 3 aromatic rings. The van der Waals surface area contributed by atoms with Gasteiger partial charge in [-0.25, -0.2) is 4.98 Å². The molecule has 1 aliphatic carbocycles. The van der Waals surface area contributed by atoms with Gasteiger partial charge in [0.25, 0.3) is 5.91 Å². The highest BCUT2D eigenvalue weighted by Gasteiger charge is 2.25. The van der Waals surface area contributed by atoms with E-state index < -0.39 is 0 Å². The number of thiazole rings is 1. The van der Waals surface area contributed by atoms with Crippen molar-refractivity contribution < 1.29 is 14.4 Å². The van der Waals surface area contributed by atoms with E-state index in [1.165, 1.54) is 28.9 Å². The summed E-state index contributed by atoms with van der Waals surface area (Å²) in [5.41, 5.74) is 4.49. The minimum atomic E-state index is 0.0649. The Labute approximate surface area is 181 Å². The molecule has 1 saturated heterocycles. The van der Waals surface area contributed by atoms with E-state index in [4.69, 9.17) is 9.72 Å². The molecule has 30 heavy (non-hydrogen) atoms. The molecule has 0 bridgehead atoms. The van der Waals surface area contributed by atoms with Crippen molar-refractivity contribution in [1.29, 1.82) is 0 Å². The van der Waals surface area contributed by atoms with E-state index in [9.17, 15) is 4.79 Å². The van der Waals surface area contributed by atoms with E-state index >= 15 is 0 Å². The Morgan fingerprint density at radius 3 is 2.70 bits per heavy atom. The van der Waals surface area contributed by atoms with Crippen molar-refractivity contribution in [1.82, 2.24) is 4.98 Å². The molecule has 0 atom stereocenters. The van der Waals surface area contributed by atoms with Gasteiger partial charge < -0.3 is 9.64 Å². The van der Waals surface area contributed by atoms with Gasteiger partial charge in [-0.3, -0.25) is 9.69 Å². The van der Waals surface area contributed by atoms with E-state index in [2.05, 4.69) is 18.2 Å². The molecule has 5 nitrogen and oxygen atoms in total. The first kappa shape index (κ1) is 19.7. The van der Waals surface area contributed by atoms with Crippen molar-refractivity contribution >= 4 is 32.6 Å². The van der Waals surface area contributed by atoms with Crippen LogP contribution in [0.4, 0.5) is 5.13 Å². The Hall–Kier alpha value is -2.28. The molecule has 5 rings (SSSR count). The number of anilines is 1. The largest absolute Gasteiger partial charge is 0.370 e. The zero-order valence-electron chi connectivity index (χ0n) is 17.2. The second kappa shape index (κ2) is 8.84. The molecule has 2 heterocycles. The van der Waals surface area contributed by atoms with E-state index in [0.29, 0.717) is 6.54 Å². The third kappa shape index (κ3) is 4.13. The third-order valence-electron chi connectivity index (χ3n) is 6.24.